The minimum absolute atomic E-state index is 0.0393. The Bertz CT molecular complexity index is 1560. The van der Waals surface area contributed by atoms with Gasteiger partial charge in [-0.25, -0.2) is 9.59 Å². The molecule has 16 heteroatoms. The van der Waals surface area contributed by atoms with E-state index in [2.05, 4.69) is 26.6 Å². The number of benzene rings is 1. The molecule has 1 aromatic carbocycles. The second-order valence-corrected chi connectivity index (χ2v) is 18.2. The highest BCUT2D eigenvalue weighted by molar-refractivity contribution is 6.38. The van der Waals surface area contributed by atoms with Gasteiger partial charge >= 0.3 is 12.2 Å². The number of unbranched alkanes of at least 4 members (excludes halogenated alkanes) is 1. The molecule has 0 aromatic heterocycles. The van der Waals surface area contributed by atoms with Gasteiger partial charge in [-0.2, -0.15) is 0 Å². The molecule has 0 bridgehead atoms. The minimum Gasteiger partial charge on any atom is -0.449 e. The number of ether oxygens (including phenoxy) is 3. The number of likely N-dealkylation sites (tertiary alicyclic amines) is 1. The van der Waals surface area contributed by atoms with Crippen LogP contribution in [0.2, 0.25) is 0 Å². The molecule has 0 saturated carbocycles. The number of rotatable bonds is 18. The maximum atomic E-state index is 14.2. The van der Waals surface area contributed by atoms with Gasteiger partial charge in [-0.05, 0) is 64.9 Å². The first kappa shape index (κ1) is 49.4. The van der Waals surface area contributed by atoms with Crippen molar-refractivity contribution >= 4 is 41.6 Å². The third-order valence-corrected chi connectivity index (χ3v) is 8.80. The Morgan fingerprint density at radius 3 is 2.02 bits per heavy atom. The van der Waals surface area contributed by atoms with E-state index in [1.807, 2.05) is 47.6 Å². The van der Waals surface area contributed by atoms with Gasteiger partial charge in [0.25, 0.3) is 5.91 Å². The molecule has 1 aliphatic rings. The molecule has 326 valence electrons. The van der Waals surface area contributed by atoms with E-state index in [1.165, 1.54) is 4.90 Å². The van der Waals surface area contributed by atoms with Gasteiger partial charge in [0.15, 0.2) is 0 Å². The molecule has 2 rings (SSSR count). The van der Waals surface area contributed by atoms with Crippen molar-refractivity contribution in [1.82, 2.24) is 31.5 Å². The molecule has 0 aliphatic carbocycles. The van der Waals surface area contributed by atoms with E-state index in [-0.39, 0.29) is 38.5 Å². The Hall–Kier alpha value is -4.73. The van der Waals surface area contributed by atoms with Crippen molar-refractivity contribution in [2.45, 2.75) is 150 Å². The fourth-order valence-corrected chi connectivity index (χ4v) is 6.11. The summed E-state index contributed by atoms with van der Waals surface area (Å²) in [6, 6.07) is 4.88. The molecule has 1 fully saturated rings. The summed E-state index contributed by atoms with van der Waals surface area (Å²) in [5.41, 5.74) is -1.42. The highest BCUT2D eigenvalue weighted by Crippen LogP contribution is 2.29. The van der Waals surface area contributed by atoms with Crippen LogP contribution in [-0.4, -0.2) is 108 Å². The lowest BCUT2D eigenvalue weighted by atomic mass is 9.85. The lowest BCUT2D eigenvalue weighted by molar-refractivity contribution is -0.144. The Morgan fingerprint density at radius 2 is 1.47 bits per heavy atom. The molecule has 0 radical (unpaired) electrons. The molecule has 1 aromatic rings. The topological polar surface area (TPSA) is 211 Å². The average Bonchev–Trinajstić information content (AvgIpc) is 3.53. The van der Waals surface area contributed by atoms with Gasteiger partial charge in [0.05, 0.1) is 36.9 Å². The first-order valence-corrected chi connectivity index (χ1v) is 20.2. The van der Waals surface area contributed by atoms with Crippen molar-refractivity contribution in [3.63, 3.8) is 0 Å². The molecule has 1 heterocycles. The fourth-order valence-electron chi connectivity index (χ4n) is 6.11. The second-order valence-electron chi connectivity index (χ2n) is 18.2. The highest BCUT2D eigenvalue weighted by Gasteiger charge is 2.47. The maximum Gasteiger partial charge on any atom is 0.408 e. The monoisotopic (exact) mass is 816 g/mol. The Morgan fingerprint density at radius 1 is 0.828 bits per heavy atom. The van der Waals surface area contributed by atoms with E-state index in [4.69, 9.17) is 14.2 Å². The van der Waals surface area contributed by atoms with Crippen LogP contribution in [0.4, 0.5) is 9.59 Å². The number of Topliss-reactive ketones (excluding diaryl/α,β-unsaturated/α-hetero) is 1. The Kier molecular flexibility index (Phi) is 18.6. The van der Waals surface area contributed by atoms with Gasteiger partial charge in [-0.15, -0.1) is 0 Å². The molecule has 5 N–H and O–H groups in total. The summed E-state index contributed by atoms with van der Waals surface area (Å²) in [6.07, 6.45) is -0.588. The normalized spacial score (nSPS) is 17.4. The zero-order valence-corrected chi connectivity index (χ0v) is 36.5. The third kappa shape index (κ3) is 17.4. The van der Waals surface area contributed by atoms with Crippen molar-refractivity contribution in [1.29, 1.82) is 0 Å². The van der Waals surface area contributed by atoms with Gasteiger partial charge in [-0.1, -0.05) is 84.7 Å². The Labute approximate surface area is 344 Å². The molecule has 6 amide bonds. The van der Waals surface area contributed by atoms with E-state index in [9.17, 15) is 33.6 Å². The van der Waals surface area contributed by atoms with Gasteiger partial charge in [0.1, 0.15) is 17.7 Å². The minimum atomic E-state index is -1.25. The van der Waals surface area contributed by atoms with Crippen molar-refractivity contribution in [3.8, 4) is 0 Å². The quantitative estimate of drug-likeness (QED) is 0.133. The number of alkyl carbamates (subject to hydrolysis) is 2. The molecule has 1 aliphatic heterocycles. The number of carbonyl (C=O) groups is 7. The molecule has 5 atom stereocenters. The van der Waals surface area contributed by atoms with Gasteiger partial charge in [0.2, 0.25) is 23.5 Å². The van der Waals surface area contributed by atoms with E-state index < -0.39 is 95.0 Å². The molecule has 58 heavy (non-hydrogen) atoms. The summed E-state index contributed by atoms with van der Waals surface area (Å²) in [5, 5.41) is 13.2. The molecule has 1 unspecified atom stereocenters. The van der Waals surface area contributed by atoms with Crippen LogP contribution in [0, 0.1) is 11.3 Å². The van der Waals surface area contributed by atoms with Crippen LogP contribution in [0.15, 0.2) is 30.3 Å². The van der Waals surface area contributed by atoms with E-state index in [0.717, 1.165) is 0 Å². The Balaban J connectivity index is 2.20. The SMILES string of the molecule is CCCCC(NC(=O)[C@@H]1C[C@@H](OC(C)(C)C)CN1C(=O)[C@@H](NC(=O)OCC(C)C)C(C)(C)C)C(=O)C(=O)NCC(=O)NC[C@H](NC(=O)OC(C)(C)C)c1ccccc1. The number of carbonyl (C=O) groups excluding carboxylic acids is 7. The van der Waals surface area contributed by atoms with Crippen molar-refractivity contribution in [2.75, 3.05) is 26.2 Å². The lowest BCUT2D eigenvalue weighted by Gasteiger charge is -2.35. The third-order valence-electron chi connectivity index (χ3n) is 8.80. The first-order valence-electron chi connectivity index (χ1n) is 20.2. The number of hydrogen-bond donors (Lipinski definition) is 5. The van der Waals surface area contributed by atoms with E-state index in [0.29, 0.717) is 18.4 Å². The highest BCUT2D eigenvalue weighted by atomic mass is 16.6. The van der Waals surface area contributed by atoms with Crippen LogP contribution in [0.25, 0.3) is 0 Å². The number of ketones is 1. The lowest BCUT2D eigenvalue weighted by Crippen LogP contribution is -2.59. The van der Waals surface area contributed by atoms with Crippen LogP contribution in [0.5, 0.6) is 0 Å². The molecular weight excluding hydrogens is 748 g/mol. The van der Waals surface area contributed by atoms with Crippen molar-refractivity contribution < 1.29 is 47.8 Å². The van der Waals surface area contributed by atoms with Crippen molar-refractivity contribution in [3.05, 3.63) is 35.9 Å². The van der Waals surface area contributed by atoms with Crippen LogP contribution >= 0.6 is 0 Å². The molecular formula is C42H68N6O10. The van der Waals surface area contributed by atoms with Crippen LogP contribution in [0.1, 0.15) is 120 Å². The number of amides is 6. The summed E-state index contributed by atoms with van der Waals surface area (Å²) in [6.45, 7) is 21.4. The zero-order chi connectivity index (χ0) is 44.0. The standard InChI is InChI=1S/C42H68N6O10/c1-13-14-20-29(33(50)36(52)44-23-32(49)43-22-30(27-18-16-15-17-19-27)46-39(55)58-42(10,11)12)45-35(51)31-21-28(57-41(7,8)9)24-48(31)37(53)34(40(4,5)6)47-38(54)56-25-26(2)3/h15-19,26,28-31,34H,13-14,20-25H2,1-12H3,(H,43,49)(H,44,52)(H,45,51)(H,46,55)(H,47,54)/t28-,29?,30+,31+,34-/m1/s1. The predicted molar refractivity (Wildman–Crippen MR) is 218 cm³/mol. The molecule has 1 saturated heterocycles. The second kappa shape index (κ2) is 21.9. The number of nitrogens with one attached hydrogen (secondary N) is 5. The van der Waals surface area contributed by atoms with Gasteiger partial charge in [0, 0.05) is 19.5 Å². The molecule has 0 spiro atoms. The van der Waals surface area contributed by atoms with Crippen LogP contribution < -0.4 is 26.6 Å². The van der Waals surface area contributed by atoms with Crippen molar-refractivity contribution in [2.24, 2.45) is 11.3 Å². The fraction of sp³-hybridized carbons (Fsp3) is 0.690. The van der Waals surface area contributed by atoms with Gasteiger partial charge in [-0.3, -0.25) is 24.0 Å². The summed E-state index contributed by atoms with van der Waals surface area (Å²) in [4.78, 5) is 94.5. The summed E-state index contributed by atoms with van der Waals surface area (Å²) >= 11 is 0. The predicted octanol–water partition coefficient (Wildman–Crippen LogP) is 4.31. The van der Waals surface area contributed by atoms with E-state index in [1.54, 1.807) is 65.8 Å². The number of nitrogens with zero attached hydrogens (tertiary/aromatic N) is 1. The van der Waals surface area contributed by atoms with Crippen LogP contribution in [-0.2, 0) is 38.2 Å². The summed E-state index contributed by atoms with van der Waals surface area (Å²) < 4.78 is 16.9. The number of hydrogen-bond acceptors (Lipinski definition) is 10. The maximum absolute atomic E-state index is 14.2. The zero-order valence-electron chi connectivity index (χ0n) is 36.5. The largest absolute Gasteiger partial charge is 0.449 e. The van der Waals surface area contributed by atoms with Gasteiger partial charge < -0.3 is 45.7 Å². The summed E-state index contributed by atoms with van der Waals surface area (Å²) in [7, 11) is 0. The summed E-state index contributed by atoms with van der Waals surface area (Å²) in [5.74, 6) is -3.76. The first-order chi connectivity index (χ1) is 26.8. The van der Waals surface area contributed by atoms with Crippen LogP contribution in [0.3, 0.4) is 0 Å². The smallest absolute Gasteiger partial charge is 0.408 e. The average molecular weight is 817 g/mol. The van der Waals surface area contributed by atoms with E-state index >= 15 is 0 Å². The molecule has 16 nitrogen and oxygen atoms in total.